The Balaban J connectivity index is 2.19. The summed E-state index contributed by atoms with van der Waals surface area (Å²) in [6, 6.07) is 2.28. The van der Waals surface area contributed by atoms with Crippen molar-refractivity contribution in [1.82, 2.24) is 4.90 Å². The van der Waals surface area contributed by atoms with Crippen LogP contribution in [0, 0.1) is 5.92 Å². The molecule has 1 aliphatic heterocycles. The normalized spacial score (nSPS) is 24.2. The maximum atomic E-state index is 11.4. The Morgan fingerprint density at radius 3 is 2.95 bits per heavy atom. The van der Waals surface area contributed by atoms with E-state index < -0.39 is 11.9 Å². The van der Waals surface area contributed by atoms with Gasteiger partial charge in [0.2, 0.25) is 0 Å². The van der Waals surface area contributed by atoms with Crippen molar-refractivity contribution in [1.29, 1.82) is 0 Å². The van der Waals surface area contributed by atoms with Crippen molar-refractivity contribution in [3.8, 4) is 0 Å². The van der Waals surface area contributed by atoms with Crippen LogP contribution in [0.5, 0.6) is 0 Å². The Bertz CT molecular complexity index is 465. The Labute approximate surface area is 131 Å². The highest BCUT2D eigenvalue weighted by Crippen LogP contribution is 2.33. The van der Waals surface area contributed by atoms with E-state index >= 15 is 0 Å². The number of rotatable bonds is 6. The van der Waals surface area contributed by atoms with Gasteiger partial charge in [-0.1, -0.05) is 6.92 Å². The van der Waals surface area contributed by atoms with Crippen molar-refractivity contribution in [3.05, 3.63) is 20.8 Å². The summed E-state index contributed by atoms with van der Waals surface area (Å²) in [7, 11) is 0. The Hall–Kier alpha value is -0.430. The number of aliphatic carboxylic acids is 1. The second-order valence-corrected chi connectivity index (χ2v) is 6.99. The molecule has 1 aliphatic rings. The molecule has 1 fully saturated rings. The third-order valence-corrected chi connectivity index (χ3v) is 5.64. The molecule has 112 valence electrons. The van der Waals surface area contributed by atoms with Crippen molar-refractivity contribution in [2.75, 3.05) is 19.8 Å². The average Bonchev–Trinajstić information content (AvgIpc) is 3.03. The second-order valence-electron chi connectivity index (χ2n) is 5.13. The molecule has 1 aromatic heterocycles. The summed E-state index contributed by atoms with van der Waals surface area (Å²) in [6.07, 6.45) is 1.000. The molecule has 2 heterocycles. The zero-order chi connectivity index (χ0) is 14.7. The topological polar surface area (TPSA) is 49.8 Å². The van der Waals surface area contributed by atoms with E-state index in [0.29, 0.717) is 13.2 Å². The molecule has 1 N–H and O–H groups in total. The van der Waals surface area contributed by atoms with Crippen LogP contribution in [0.15, 0.2) is 15.9 Å². The van der Waals surface area contributed by atoms with Gasteiger partial charge in [-0.3, -0.25) is 9.69 Å². The summed E-state index contributed by atoms with van der Waals surface area (Å²) in [6.45, 7) is 5.98. The van der Waals surface area contributed by atoms with E-state index in [1.54, 1.807) is 11.3 Å². The number of carboxylic acid groups (broad SMARTS) is 1. The van der Waals surface area contributed by atoms with E-state index in [1.807, 2.05) is 0 Å². The summed E-state index contributed by atoms with van der Waals surface area (Å²) >= 11 is 5.18. The van der Waals surface area contributed by atoms with Crippen molar-refractivity contribution >= 4 is 33.2 Å². The molecular formula is C14H20BrNO3S. The first-order valence-corrected chi connectivity index (χ1v) is 8.52. The van der Waals surface area contributed by atoms with Gasteiger partial charge in [-0.05, 0) is 41.9 Å². The van der Waals surface area contributed by atoms with Gasteiger partial charge in [0.25, 0.3) is 0 Å². The van der Waals surface area contributed by atoms with Crippen molar-refractivity contribution in [2.24, 2.45) is 5.92 Å². The number of ether oxygens (including phenoxy) is 1. The number of nitrogens with zero attached hydrogens (tertiary/aromatic N) is 1. The van der Waals surface area contributed by atoms with Gasteiger partial charge in [0.1, 0.15) is 0 Å². The second kappa shape index (κ2) is 7.02. The summed E-state index contributed by atoms with van der Waals surface area (Å²) in [5, 5.41) is 11.4. The number of hydrogen-bond donors (Lipinski definition) is 1. The minimum atomic E-state index is -0.756. The third kappa shape index (κ3) is 3.42. The van der Waals surface area contributed by atoms with E-state index in [1.165, 1.54) is 4.88 Å². The van der Waals surface area contributed by atoms with Gasteiger partial charge in [0, 0.05) is 26.8 Å². The fraction of sp³-hybridized carbons (Fsp3) is 0.643. The maximum Gasteiger partial charge on any atom is 0.310 e. The lowest BCUT2D eigenvalue weighted by molar-refractivity contribution is -0.143. The van der Waals surface area contributed by atoms with Crippen molar-refractivity contribution < 1.29 is 14.6 Å². The van der Waals surface area contributed by atoms with E-state index in [2.05, 4.69) is 46.1 Å². The fourth-order valence-electron chi connectivity index (χ4n) is 2.72. The molecule has 0 saturated carbocycles. The van der Waals surface area contributed by atoms with E-state index in [0.717, 1.165) is 17.4 Å². The van der Waals surface area contributed by atoms with E-state index in [-0.39, 0.29) is 12.1 Å². The molecule has 0 aliphatic carbocycles. The Morgan fingerprint density at radius 2 is 2.40 bits per heavy atom. The molecule has 2 rings (SSSR count). The van der Waals surface area contributed by atoms with Crippen LogP contribution in [0.25, 0.3) is 0 Å². The number of hydrogen-bond acceptors (Lipinski definition) is 4. The van der Waals surface area contributed by atoms with Crippen LogP contribution in [0.1, 0.15) is 31.2 Å². The smallest absolute Gasteiger partial charge is 0.310 e. The first-order valence-electron chi connectivity index (χ1n) is 6.84. The monoisotopic (exact) mass is 361 g/mol. The van der Waals surface area contributed by atoms with E-state index in [9.17, 15) is 9.90 Å². The van der Waals surface area contributed by atoms with Gasteiger partial charge in [0.05, 0.1) is 19.1 Å². The minimum Gasteiger partial charge on any atom is -0.481 e. The van der Waals surface area contributed by atoms with Crippen molar-refractivity contribution in [3.63, 3.8) is 0 Å². The maximum absolute atomic E-state index is 11.4. The molecular weight excluding hydrogens is 342 g/mol. The van der Waals surface area contributed by atoms with Gasteiger partial charge in [-0.15, -0.1) is 11.3 Å². The number of carboxylic acids is 1. The summed E-state index contributed by atoms with van der Waals surface area (Å²) in [5.74, 6) is -1.18. The molecule has 3 unspecified atom stereocenters. The Kier molecular flexibility index (Phi) is 5.60. The lowest BCUT2D eigenvalue weighted by atomic mass is 10.00. The van der Waals surface area contributed by atoms with Crippen LogP contribution in [0.2, 0.25) is 0 Å². The summed E-state index contributed by atoms with van der Waals surface area (Å²) in [4.78, 5) is 14.9. The first-order chi connectivity index (χ1) is 9.54. The largest absolute Gasteiger partial charge is 0.481 e. The van der Waals surface area contributed by atoms with Gasteiger partial charge in [-0.2, -0.15) is 0 Å². The summed E-state index contributed by atoms with van der Waals surface area (Å²) < 4.78 is 6.50. The highest BCUT2D eigenvalue weighted by molar-refractivity contribution is 9.10. The number of thiophene rings is 1. The van der Waals surface area contributed by atoms with E-state index in [4.69, 9.17) is 4.74 Å². The molecule has 0 aromatic carbocycles. The van der Waals surface area contributed by atoms with Crippen LogP contribution >= 0.6 is 27.3 Å². The van der Waals surface area contributed by atoms with Gasteiger partial charge in [0.15, 0.2) is 0 Å². The standard InChI is InChI=1S/C14H20BrNO3S/c1-3-4-16(9(2)13-5-10(15)8-20-13)12-7-19-6-11(12)14(17)18/h5,8-9,11-12H,3-4,6-7H2,1-2H3,(H,17,18). The molecule has 4 nitrogen and oxygen atoms in total. The average molecular weight is 362 g/mol. The minimum absolute atomic E-state index is 0.0386. The predicted molar refractivity (Wildman–Crippen MR) is 83.2 cm³/mol. The number of halogens is 1. The fourth-order valence-corrected chi connectivity index (χ4v) is 4.24. The van der Waals surface area contributed by atoms with Gasteiger partial charge in [-0.25, -0.2) is 0 Å². The van der Waals surface area contributed by atoms with Crippen LogP contribution in [0.4, 0.5) is 0 Å². The van der Waals surface area contributed by atoms with Gasteiger partial charge >= 0.3 is 5.97 Å². The molecule has 0 bridgehead atoms. The third-order valence-electron chi connectivity index (χ3n) is 3.77. The zero-order valence-corrected chi connectivity index (χ0v) is 14.1. The van der Waals surface area contributed by atoms with Gasteiger partial charge < -0.3 is 9.84 Å². The highest BCUT2D eigenvalue weighted by Gasteiger charge is 2.39. The molecule has 20 heavy (non-hydrogen) atoms. The SMILES string of the molecule is CCCN(C(C)c1cc(Br)cs1)C1COCC1C(=O)O. The summed E-state index contributed by atoms with van der Waals surface area (Å²) in [5.41, 5.74) is 0. The predicted octanol–water partition coefficient (Wildman–Crippen LogP) is 3.38. The Morgan fingerprint density at radius 1 is 1.65 bits per heavy atom. The highest BCUT2D eigenvalue weighted by atomic mass is 79.9. The quantitative estimate of drug-likeness (QED) is 0.843. The molecule has 1 saturated heterocycles. The lowest BCUT2D eigenvalue weighted by Crippen LogP contribution is -2.44. The van der Waals surface area contributed by atoms with Crippen LogP contribution in [-0.4, -0.2) is 41.8 Å². The van der Waals surface area contributed by atoms with Crippen LogP contribution < -0.4 is 0 Å². The molecule has 0 spiro atoms. The molecule has 3 atom stereocenters. The zero-order valence-electron chi connectivity index (χ0n) is 11.7. The van der Waals surface area contributed by atoms with Crippen LogP contribution in [-0.2, 0) is 9.53 Å². The van der Waals surface area contributed by atoms with Crippen molar-refractivity contribution in [2.45, 2.75) is 32.4 Å². The first kappa shape index (κ1) is 15.9. The molecule has 0 radical (unpaired) electrons. The lowest BCUT2D eigenvalue weighted by Gasteiger charge is -2.34. The molecule has 6 heteroatoms. The molecule has 1 aromatic rings. The molecule has 0 amide bonds. The van der Waals surface area contributed by atoms with Crippen LogP contribution in [0.3, 0.4) is 0 Å². The number of carbonyl (C=O) groups is 1.